The van der Waals surface area contributed by atoms with Gasteiger partial charge in [0.2, 0.25) is 0 Å². The molecule has 5 heteroatoms. The summed E-state index contributed by atoms with van der Waals surface area (Å²) in [5, 5.41) is 14.6. The molecule has 0 saturated heterocycles. The van der Waals surface area contributed by atoms with Crippen molar-refractivity contribution in [2.45, 2.75) is 43.0 Å². The number of thioether (sulfide) groups is 1. The predicted molar refractivity (Wildman–Crippen MR) is 66.1 cm³/mol. The van der Waals surface area contributed by atoms with Crippen molar-refractivity contribution in [1.29, 1.82) is 5.26 Å². The highest BCUT2D eigenvalue weighted by molar-refractivity contribution is 7.99. The second-order valence-electron chi connectivity index (χ2n) is 4.41. The molecule has 1 aromatic rings. The van der Waals surface area contributed by atoms with E-state index in [2.05, 4.69) is 18.1 Å². The molecule has 0 aliphatic carbocycles. The van der Waals surface area contributed by atoms with Gasteiger partial charge >= 0.3 is 0 Å². The first-order chi connectivity index (χ1) is 7.34. The Kier molecular flexibility index (Phi) is 4.00. The normalized spacial score (nSPS) is 16.5. The third-order valence-corrected chi connectivity index (χ3v) is 3.44. The fourth-order valence-electron chi connectivity index (χ4n) is 1.59. The average Bonchev–Trinajstić information content (AvgIpc) is 2.44. The highest BCUT2D eigenvalue weighted by atomic mass is 32.2. The molecule has 1 rings (SSSR count). The van der Waals surface area contributed by atoms with Crippen LogP contribution in [0, 0.1) is 18.3 Å². The number of hydrogen-bond donors (Lipinski definition) is 1. The summed E-state index contributed by atoms with van der Waals surface area (Å²) in [6.07, 6.45) is 0.665. The Balaban J connectivity index is 2.62. The van der Waals surface area contributed by atoms with Gasteiger partial charge in [0, 0.05) is 12.3 Å². The zero-order chi connectivity index (χ0) is 12.3. The van der Waals surface area contributed by atoms with Gasteiger partial charge in [-0.15, -0.1) is 11.8 Å². The van der Waals surface area contributed by atoms with E-state index in [4.69, 9.17) is 11.0 Å². The average molecular weight is 238 g/mol. The minimum atomic E-state index is -0.750. The summed E-state index contributed by atoms with van der Waals surface area (Å²) in [7, 11) is 1.92. The third kappa shape index (κ3) is 3.54. The number of rotatable bonds is 4. The summed E-state index contributed by atoms with van der Waals surface area (Å²) in [6.45, 7) is 5.81. The molecular weight excluding hydrogens is 220 g/mol. The number of aryl methyl sites for hydroxylation is 2. The van der Waals surface area contributed by atoms with Crippen LogP contribution in [-0.2, 0) is 7.05 Å². The summed E-state index contributed by atoms with van der Waals surface area (Å²) in [5.74, 6) is 0. The largest absolute Gasteiger partial charge is 0.314 e. The van der Waals surface area contributed by atoms with Gasteiger partial charge < -0.3 is 5.73 Å². The highest BCUT2D eigenvalue weighted by Gasteiger charge is 2.22. The van der Waals surface area contributed by atoms with Gasteiger partial charge in [-0.1, -0.05) is 6.92 Å². The van der Waals surface area contributed by atoms with Crippen LogP contribution in [0.4, 0.5) is 0 Å². The van der Waals surface area contributed by atoms with E-state index >= 15 is 0 Å². The molecule has 0 saturated carbocycles. The number of hydrogen-bond acceptors (Lipinski definition) is 4. The summed E-state index contributed by atoms with van der Waals surface area (Å²) in [4.78, 5) is 0. The van der Waals surface area contributed by atoms with E-state index in [1.54, 1.807) is 18.7 Å². The first kappa shape index (κ1) is 13.1. The van der Waals surface area contributed by atoms with Crippen LogP contribution in [0.3, 0.4) is 0 Å². The summed E-state index contributed by atoms with van der Waals surface area (Å²) in [5.41, 5.74) is 6.07. The summed E-state index contributed by atoms with van der Waals surface area (Å²) < 4.78 is 1.86. The van der Waals surface area contributed by atoms with Crippen molar-refractivity contribution in [2.75, 3.05) is 0 Å². The lowest BCUT2D eigenvalue weighted by Gasteiger charge is -2.19. The second-order valence-corrected chi connectivity index (χ2v) is 5.87. The Bertz CT molecular complexity index is 403. The molecule has 0 amide bonds. The minimum absolute atomic E-state index is 0.296. The number of nitriles is 1. The van der Waals surface area contributed by atoms with Gasteiger partial charge in [0.15, 0.2) is 0 Å². The number of aromatic nitrogens is 2. The Morgan fingerprint density at radius 3 is 2.81 bits per heavy atom. The molecular formula is C11H18N4S. The summed E-state index contributed by atoms with van der Waals surface area (Å²) >= 11 is 1.70. The van der Waals surface area contributed by atoms with E-state index in [1.165, 1.54) is 0 Å². The zero-order valence-corrected chi connectivity index (χ0v) is 11.0. The van der Waals surface area contributed by atoms with Crippen molar-refractivity contribution in [2.24, 2.45) is 12.8 Å². The van der Waals surface area contributed by atoms with Crippen LogP contribution in [0.2, 0.25) is 0 Å². The van der Waals surface area contributed by atoms with Crippen LogP contribution < -0.4 is 5.73 Å². The van der Waals surface area contributed by atoms with Crippen molar-refractivity contribution in [3.8, 4) is 6.07 Å². The van der Waals surface area contributed by atoms with Crippen molar-refractivity contribution in [1.82, 2.24) is 9.78 Å². The van der Waals surface area contributed by atoms with Crippen LogP contribution in [0.1, 0.15) is 26.0 Å². The Labute approximate surface area is 101 Å². The third-order valence-electron chi connectivity index (χ3n) is 2.25. The topological polar surface area (TPSA) is 67.6 Å². The van der Waals surface area contributed by atoms with Gasteiger partial charge in [0.05, 0.1) is 16.8 Å². The molecule has 2 N–H and O–H groups in total. The van der Waals surface area contributed by atoms with Gasteiger partial charge in [-0.3, -0.25) is 4.68 Å². The SMILES string of the molecule is Cc1cc(SC(C)CC(C)(N)C#N)n(C)n1. The minimum Gasteiger partial charge on any atom is -0.314 e. The molecule has 2 unspecified atom stereocenters. The fourth-order valence-corrected chi connectivity index (χ4v) is 2.86. The van der Waals surface area contributed by atoms with Crippen LogP contribution in [-0.4, -0.2) is 20.6 Å². The molecule has 4 nitrogen and oxygen atoms in total. The van der Waals surface area contributed by atoms with Gasteiger partial charge in [-0.05, 0) is 26.3 Å². The lowest BCUT2D eigenvalue weighted by molar-refractivity contribution is 0.544. The number of nitrogens with zero attached hydrogens (tertiary/aromatic N) is 3. The maximum atomic E-state index is 8.87. The molecule has 0 spiro atoms. The van der Waals surface area contributed by atoms with Gasteiger partial charge in [-0.2, -0.15) is 10.4 Å². The van der Waals surface area contributed by atoms with Crippen molar-refractivity contribution in [3.63, 3.8) is 0 Å². The van der Waals surface area contributed by atoms with Crippen molar-refractivity contribution < 1.29 is 0 Å². The molecule has 16 heavy (non-hydrogen) atoms. The molecule has 0 fully saturated rings. The van der Waals surface area contributed by atoms with Crippen molar-refractivity contribution >= 4 is 11.8 Å². The molecule has 1 aromatic heterocycles. The lowest BCUT2D eigenvalue weighted by atomic mass is 10.00. The van der Waals surface area contributed by atoms with Crippen LogP contribution >= 0.6 is 11.8 Å². The van der Waals surface area contributed by atoms with Crippen LogP contribution in [0.15, 0.2) is 11.1 Å². The van der Waals surface area contributed by atoms with E-state index in [-0.39, 0.29) is 0 Å². The first-order valence-electron chi connectivity index (χ1n) is 5.21. The maximum Gasteiger partial charge on any atom is 0.102 e. The van der Waals surface area contributed by atoms with Crippen LogP contribution in [0.5, 0.6) is 0 Å². The second kappa shape index (κ2) is 4.89. The van der Waals surface area contributed by atoms with Gasteiger partial charge in [0.25, 0.3) is 0 Å². The zero-order valence-electron chi connectivity index (χ0n) is 10.2. The molecule has 2 atom stereocenters. The molecule has 0 radical (unpaired) electrons. The lowest BCUT2D eigenvalue weighted by Crippen LogP contribution is -2.36. The van der Waals surface area contributed by atoms with Crippen molar-refractivity contribution in [3.05, 3.63) is 11.8 Å². The quantitative estimate of drug-likeness (QED) is 0.813. The van der Waals surface area contributed by atoms with E-state index in [0.717, 1.165) is 10.7 Å². The maximum absolute atomic E-state index is 8.87. The van der Waals surface area contributed by atoms with E-state index in [1.807, 2.05) is 24.7 Å². The smallest absolute Gasteiger partial charge is 0.102 e. The Hall–Kier alpha value is -0.990. The molecule has 0 aliphatic rings. The standard InChI is InChI=1S/C11H18N4S/c1-8-5-10(15(4)14-8)16-9(2)6-11(3,13)7-12/h5,9H,6,13H2,1-4H3. The van der Waals surface area contributed by atoms with Crippen LogP contribution in [0.25, 0.3) is 0 Å². The number of nitrogens with two attached hydrogens (primary N) is 1. The Morgan fingerprint density at radius 2 is 2.38 bits per heavy atom. The molecule has 0 aromatic carbocycles. The highest BCUT2D eigenvalue weighted by Crippen LogP contribution is 2.27. The van der Waals surface area contributed by atoms with E-state index in [9.17, 15) is 0 Å². The first-order valence-corrected chi connectivity index (χ1v) is 6.09. The van der Waals surface area contributed by atoms with E-state index in [0.29, 0.717) is 11.7 Å². The summed E-state index contributed by atoms with van der Waals surface area (Å²) in [6, 6.07) is 4.16. The molecule has 1 heterocycles. The molecule has 0 bridgehead atoms. The van der Waals surface area contributed by atoms with E-state index < -0.39 is 5.54 Å². The molecule has 88 valence electrons. The fraction of sp³-hybridized carbons (Fsp3) is 0.636. The Morgan fingerprint density at radius 1 is 1.75 bits per heavy atom. The molecule has 0 aliphatic heterocycles. The van der Waals surface area contributed by atoms with Gasteiger partial charge in [0.1, 0.15) is 5.54 Å². The monoisotopic (exact) mass is 238 g/mol. The van der Waals surface area contributed by atoms with Gasteiger partial charge in [-0.25, -0.2) is 0 Å². The predicted octanol–water partition coefficient (Wildman–Crippen LogP) is 1.84.